The van der Waals surface area contributed by atoms with Crippen molar-refractivity contribution in [3.05, 3.63) is 0 Å². The molecular formula is C9H17N3. The summed E-state index contributed by atoms with van der Waals surface area (Å²) < 4.78 is 0. The molecule has 1 unspecified atom stereocenters. The Labute approximate surface area is 74.6 Å². The van der Waals surface area contributed by atoms with Crippen LogP contribution in [0.2, 0.25) is 0 Å². The second-order valence-electron chi connectivity index (χ2n) is 3.69. The molecule has 0 spiro atoms. The standard InChI is InChI=1S/C9H17N3/c1-11(2)8-9-4-3-6-12(9)7-5-10/h9H,3-4,6-8H2,1-2H3. The van der Waals surface area contributed by atoms with Gasteiger partial charge in [0, 0.05) is 12.6 Å². The van der Waals surface area contributed by atoms with E-state index in [0.717, 1.165) is 13.1 Å². The number of hydrogen-bond donors (Lipinski definition) is 0. The zero-order valence-corrected chi connectivity index (χ0v) is 7.95. The van der Waals surface area contributed by atoms with Gasteiger partial charge in [-0.3, -0.25) is 4.90 Å². The van der Waals surface area contributed by atoms with Crippen LogP contribution in [0.25, 0.3) is 0 Å². The molecule has 1 fully saturated rings. The maximum atomic E-state index is 8.57. The maximum absolute atomic E-state index is 8.57. The lowest BCUT2D eigenvalue weighted by atomic mass is 10.2. The van der Waals surface area contributed by atoms with Crippen LogP contribution in [0.15, 0.2) is 0 Å². The first-order valence-corrected chi connectivity index (χ1v) is 4.49. The molecule has 1 atom stereocenters. The molecule has 1 aliphatic rings. The van der Waals surface area contributed by atoms with Gasteiger partial charge in [0.1, 0.15) is 0 Å². The van der Waals surface area contributed by atoms with Crippen molar-refractivity contribution in [1.29, 1.82) is 5.26 Å². The molecule has 3 heteroatoms. The first kappa shape index (κ1) is 9.50. The summed E-state index contributed by atoms with van der Waals surface area (Å²) in [5, 5.41) is 8.57. The van der Waals surface area contributed by atoms with E-state index < -0.39 is 0 Å². The largest absolute Gasteiger partial charge is 0.308 e. The minimum Gasteiger partial charge on any atom is -0.308 e. The SMILES string of the molecule is CN(C)CC1CCCN1CC#N. The van der Waals surface area contributed by atoms with E-state index >= 15 is 0 Å². The lowest BCUT2D eigenvalue weighted by Crippen LogP contribution is -2.37. The second kappa shape index (κ2) is 4.44. The van der Waals surface area contributed by atoms with Gasteiger partial charge in [0.15, 0.2) is 0 Å². The fraction of sp³-hybridized carbons (Fsp3) is 0.889. The number of likely N-dealkylation sites (tertiary alicyclic amines) is 1. The third kappa shape index (κ3) is 2.47. The Kier molecular flexibility index (Phi) is 3.51. The summed E-state index contributed by atoms with van der Waals surface area (Å²) in [5.74, 6) is 0. The van der Waals surface area contributed by atoms with Gasteiger partial charge in [0.25, 0.3) is 0 Å². The highest BCUT2D eigenvalue weighted by atomic mass is 15.2. The molecule has 0 aromatic carbocycles. The van der Waals surface area contributed by atoms with Crippen molar-refractivity contribution >= 4 is 0 Å². The van der Waals surface area contributed by atoms with Gasteiger partial charge < -0.3 is 4.90 Å². The summed E-state index contributed by atoms with van der Waals surface area (Å²) in [6.07, 6.45) is 2.50. The minimum atomic E-state index is 0.596. The summed E-state index contributed by atoms with van der Waals surface area (Å²) in [4.78, 5) is 4.47. The highest BCUT2D eigenvalue weighted by Gasteiger charge is 2.23. The van der Waals surface area contributed by atoms with E-state index in [0.29, 0.717) is 12.6 Å². The van der Waals surface area contributed by atoms with Crippen LogP contribution in [0.3, 0.4) is 0 Å². The lowest BCUT2D eigenvalue weighted by Gasteiger charge is -2.24. The predicted octanol–water partition coefficient (Wildman–Crippen LogP) is 0.536. The van der Waals surface area contributed by atoms with Crippen LogP contribution in [0.4, 0.5) is 0 Å². The predicted molar refractivity (Wildman–Crippen MR) is 48.8 cm³/mol. The molecule has 0 saturated carbocycles. The zero-order chi connectivity index (χ0) is 8.97. The van der Waals surface area contributed by atoms with E-state index in [1.54, 1.807) is 0 Å². The first-order chi connectivity index (χ1) is 5.74. The summed E-state index contributed by atoms with van der Waals surface area (Å²) in [6, 6.07) is 2.83. The molecule has 0 aromatic rings. The molecule has 0 aliphatic carbocycles. The van der Waals surface area contributed by atoms with Crippen molar-refractivity contribution in [2.45, 2.75) is 18.9 Å². The van der Waals surface area contributed by atoms with Gasteiger partial charge in [-0.15, -0.1) is 0 Å². The molecule has 0 N–H and O–H groups in total. The van der Waals surface area contributed by atoms with E-state index in [2.05, 4.69) is 30.0 Å². The van der Waals surface area contributed by atoms with E-state index in [-0.39, 0.29) is 0 Å². The zero-order valence-electron chi connectivity index (χ0n) is 7.95. The first-order valence-electron chi connectivity index (χ1n) is 4.49. The Morgan fingerprint density at radius 1 is 1.58 bits per heavy atom. The number of nitriles is 1. The smallest absolute Gasteiger partial charge is 0.0868 e. The molecule has 0 amide bonds. The van der Waals surface area contributed by atoms with Gasteiger partial charge >= 0.3 is 0 Å². The van der Waals surface area contributed by atoms with Gasteiger partial charge in [-0.2, -0.15) is 5.26 Å². The molecular weight excluding hydrogens is 150 g/mol. The van der Waals surface area contributed by atoms with Crippen LogP contribution in [0.1, 0.15) is 12.8 Å². The summed E-state index contributed by atoms with van der Waals surface area (Å²) in [5.41, 5.74) is 0. The van der Waals surface area contributed by atoms with Crippen molar-refractivity contribution in [3.8, 4) is 6.07 Å². The minimum absolute atomic E-state index is 0.596. The molecule has 1 heterocycles. The highest BCUT2D eigenvalue weighted by molar-refractivity contribution is 4.87. The summed E-state index contributed by atoms with van der Waals surface area (Å²) in [6.45, 7) is 2.78. The van der Waals surface area contributed by atoms with Gasteiger partial charge in [-0.25, -0.2) is 0 Å². The average molecular weight is 167 g/mol. The molecule has 0 radical (unpaired) electrons. The molecule has 1 rings (SSSR count). The average Bonchev–Trinajstić information content (AvgIpc) is 2.37. The molecule has 0 bridgehead atoms. The van der Waals surface area contributed by atoms with Crippen LogP contribution < -0.4 is 0 Å². The van der Waals surface area contributed by atoms with Crippen LogP contribution >= 0.6 is 0 Å². The van der Waals surface area contributed by atoms with Gasteiger partial charge in [-0.05, 0) is 33.5 Å². The second-order valence-corrected chi connectivity index (χ2v) is 3.69. The topological polar surface area (TPSA) is 30.3 Å². The Balaban J connectivity index is 2.36. The molecule has 68 valence electrons. The van der Waals surface area contributed by atoms with E-state index in [1.165, 1.54) is 12.8 Å². The number of rotatable bonds is 3. The van der Waals surface area contributed by atoms with Crippen molar-refractivity contribution in [3.63, 3.8) is 0 Å². The number of nitrogens with zero attached hydrogens (tertiary/aromatic N) is 3. The quantitative estimate of drug-likeness (QED) is 0.575. The molecule has 12 heavy (non-hydrogen) atoms. The van der Waals surface area contributed by atoms with Crippen LogP contribution in [-0.4, -0.2) is 49.6 Å². The Morgan fingerprint density at radius 3 is 2.92 bits per heavy atom. The van der Waals surface area contributed by atoms with E-state index in [9.17, 15) is 0 Å². The number of likely N-dealkylation sites (N-methyl/N-ethyl adjacent to an activating group) is 1. The molecule has 1 saturated heterocycles. The van der Waals surface area contributed by atoms with Gasteiger partial charge in [-0.1, -0.05) is 0 Å². The van der Waals surface area contributed by atoms with Crippen LogP contribution in [0, 0.1) is 11.3 Å². The fourth-order valence-electron chi connectivity index (χ4n) is 1.82. The third-order valence-electron chi connectivity index (χ3n) is 2.35. The summed E-state index contributed by atoms with van der Waals surface area (Å²) >= 11 is 0. The monoisotopic (exact) mass is 167 g/mol. The van der Waals surface area contributed by atoms with Crippen molar-refractivity contribution in [1.82, 2.24) is 9.80 Å². The summed E-state index contributed by atoms with van der Waals surface area (Å²) in [7, 11) is 4.17. The Morgan fingerprint density at radius 2 is 2.33 bits per heavy atom. The van der Waals surface area contributed by atoms with Gasteiger partial charge in [0.05, 0.1) is 12.6 Å². The third-order valence-corrected chi connectivity index (χ3v) is 2.35. The maximum Gasteiger partial charge on any atom is 0.0868 e. The normalized spacial score (nSPS) is 24.7. The fourth-order valence-corrected chi connectivity index (χ4v) is 1.82. The van der Waals surface area contributed by atoms with Crippen LogP contribution in [-0.2, 0) is 0 Å². The van der Waals surface area contributed by atoms with Crippen molar-refractivity contribution in [2.24, 2.45) is 0 Å². The van der Waals surface area contributed by atoms with Gasteiger partial charge in [0.2, 0.25) is 0 Å². The highest BCUT2D eigenvalue weighted by Crippen LogP contribution is 2.16. The van der Waals surface area contributed by atoms with Crippen LogP contribution in [0.5, 0.6) is 0 Å². The van der Waals surface area contributed by atoms with Crippen molar-refractivity contribution < 1.29 is 0 Å². The molecule has 0 aromatic heterocycles. The van der Waals surface area contributed by atoms with E-state index in [1.807, 2.05) is 0 Å². The number of hydrogen-bond acceptors (Lipinski definition) is 3. The molecule has 3 nitrogen and oxygen atoms in total. The Hall–Kier alpha value is -0.590. The Bertz CT molecular complexity index is 171. The van der Waals surface area contributed by atoms with E-state index in [4.69, 9.17) is 5.26 Å². The van der Waals surface area contributed by atoms with Crippen molar-refractivity contribution in [2.75, 3.05) is 33.7 Å². The lowest BCUT2D eigenvalue weighted by molar-refractivity contribution is 0.227. The molecule has 1 aliphatic heterocycles.